The summed E-state index contributed by atoms with van der Waals surface area (Å²) in [5.41, 5.74) is 0. The van der Waals surface area contributed by atoms with E-state index in [4.69, 9.17) is 16.0 Å². The Morgan fingerprint density at radius 3 is 2.58 bits per heavy atom. The van der Waals surface area contributed by atoms with Crippen molar-refractivity contribution in [2.75, 3.05) is 6.61 Å². The zero-order valence-corrected chi connectivity index (χ0v) is 14.6. The molecule has 0 N–H and O–H groups in total. The van der Waals surface area contributed by atoms with E-state index in [0.717, 1.165) is 25.9 Å². The Balaban J connectivity index is 2.31. The van der Waals surface area contributed by atoms with Crippen molar-refractivity contribution in [3.63, 3.8) is 0 Å². The van der Waals surface area contributed by atoms with Crippen LogP contribution < -0.4 is 0 Å². The van der Waals surface area contributed by atoms with Crippen molar-refractivity contribution in [3.05, 3.63) is 11.1 Å². The first-order chi connectivity index (χ1) is 8.63. The molecule has 0 aliphatic heterocycles. The second-order valence-corrected chi connectivity index (χ2v) is 12.2. The number of hydrogen-bond donors (Lipinski definition) is 0. The molecule has 0 aromatic carbocycles. The molecule has 0 aromatic rings. The van der Waals surface area contributed by atoms with E-state index in [-0.39, 0.29) is 10.8 Å². The lowest BCUT2D eigenvalue weighted by Gasteiger charge is -2.36. The van der Waals surface area contributed by atoms with Gasteiger partial charge in [0.15, 0.2) is 14.1 Å². The Hall–Kier alpha value is -0.123. The summed E-state index contributed by atoms with van der Waals surface area (Å²) >= 11 is 5.89. The van der Waals surface area contributed by atoms with Crippen LogP contribution in [0.5, 0.6) is 0 Å². The topological polar surface area (TPSA) is 26.3 Å². The highest BCUT2D eigenvalue weighted by atomic mass is 35.5. The van der Waals surface area contributed by atoms with Crippen molar-refractivity contribution >= 4 is 25.7 Å². The van der Waals surface area contributed by atoms with Crippen molar-refractivity contribution in [2.24, 2.45) is 5.92 Å². The molecule has 0 aromatic heterocycles. The quantitative estimate of drug-likeness (QED) is 0.534. The van der Waals surface area contributed by atoms with Crippen LogP contribution in [0.1, 0.15) is 46.5 Å². The summed E-state index contributed by atoms with van der Waals surface area (Å²) in [5, 5.41) is 0.703. The van der Waals surface area contributed by atoms with Gasteiger partial charge in [0, 0.05) is 13.0 Å². The van der Waals surface area contributed by atoms with Gasteiger partial charge >= 0.3 is 0 Å². The lowest BCUT2D eigenvalue weighted by Crippen LogP contribution is -2.41. The molecule has 0 radical (unpaired) electrons. The third kappa shape index (κ3) is 5.05. The van der Waals surface area contributed by atoms with Crippen molar-refractivity contribution in [2.45, 2.75) is 64.6 Å². The van der Waals surface area contributed by atoms with E-state index in [1.165, 1.54) is 0 Å². The summed E-state index contributed by atoms with van der Waals surface area (Å²) in [5.74, 6) is 0.545. The fourth-order valence-corrected chi connectivity index (χ4v) is 3.30. The molecule has 0 saturated heterocycles. The molecule has 1 aliphatic rings. The van der Waals surface area contributed by atoms with Crippen molar-refractivity contribution in [1.29, 1.82) is 0 Å². The molecule has 2 nitrogen and oxygen atoms in total. The average molecular weight is 303 g/mol. The molecule has 4 heteroatoms. The monoisotopic (exact) mass is 302 g/mol. The van der Waals surface area contributed by atoms with Gasteiger partial charge in [0.25, 0.3) is 0 Å². The highest BCUT2D eigenvalue weighted by Gasteiger charge is 2.36. The SMILES string of the molecule is CC(C)(C)[Si](C)(C)OCCCC1C=C(Cl)C(=O)CC1. The number of halogens is 1. The summed E-state index contributed by atoms with van der Waals surface area (Å²) in [6, 6.07) is 0. The molecule has 19 heavy (non-hydrogen) atoms. The Bertz CT molecular complexity index is 356. The van der Waals surface area contributed by atoms with E-state index in [1.54, 1.807) is 0 Å². The van der Waals surface area contributed by atoms with Crippen LogP contribution in [-0.4, -0.2) is 20.7 Å². The number of ketones is 1. The van der Waals surface area contributed by atoms with E-state index < -0.39 is 8.32 Å². The normalized spacial score (nSPS) is 21.5. The number of allylic oxidation sites excluding steroid dienone is 2. The largest absolute Gasteiger partial charge is 0.417 e. The lowest BCUT2D eigenvalue weighted by atomic mass is 9.91. The average Bonchev–Trinajstić information content (AvgIpc) is 2.27. The fraction of sp³-hybridized carbons (Fsp3) is 0.800. The van der Waals surface area contributed by atoms with Gasteiger partial charge in [0.2, 0.25) is 0 Å². The van der Waals surface area contributed by atoms with Crippen LogP contribution in [0.2, 0.25) is 18.1 Å². The summed E-state index contributed by atoms with van der Waals surface area (Å²) in [6.45, 7) is 12.2. The Morgan fingerprint density at radius 2 is 2.05 bits per heavy atom. The van der Waals surface area contributed by atoms with Crippen LogP contribution >= 0.6 is 11.6 Å². The first-order valence-corrected chi connectivity index (χ1v) is 10.5. The van der Waals surface area contributed by atoms with Gasteiger partial charge in [-0.3, -0.25) is 4.79 Å². The maximum atomic E-state index is 11.3. The second-order valence-electron chi connectivity index (χ2n) is 6.99. The van der Waals surface area contributed by atoms with Gasteiger partial charge in [-0.25, -0.2) is 0 Å². The second kappa shape index (κ2) is 6.55. The molecule has 0 heterocycles. The van der Waals surface area contributed by atoms with Crippen LogP contribution in [0.4, 0.5) is 0 Å². The highest BCUT2D eigenvalue weighted by molar-refractivity contribution is 6.74. The van der Waals surface area contributed by atoms with Crippen LogP contribution in [-0.2, 0) is 9.22 Å². The number of carbonyl (C=O) groups excluding carboxylic acids is 1. The number of rotatable bonds is 5. The van der Waals surface area contributed by atoms with Crippen LogP contribution in [0.3, 0.4) is 0 Å². The molecule has 0 amide bonds. The molecule has 0 saturated carbocycles. The molecule has 1 atom stereocenters. The molecule has 0 spiro atoms. The third-order valence-electron chi connectivity index (χ3n) is 4.38. The number of hydrogen-bond acceptors (Lipinski definition) is 2. The van der Waals surface area contributed by atoms with Crippen molar-refractivity contribution in [3.8, 4) is 0 Å². The van der Waals surface area contributed by atoms with Crippen LogP contribution in [0, 0.1) is 5.92 Å². The van der Waals surface area contributed by atoms with Gasteiger partial charge in [0.1, 0.15) is 0 Å². The summed E-state index contributed by atoms with van der Waals surface area (Å²) < 4.78 is 6.15. The zero-order chi connectivity index (χ0) is 14.7. The molecule has 0 fully saturated rings. The Kier molecular flexibility index (Phi) is 5.84. The third-order valence-corrected chi connectivity index (χ3v) is 9.25. The summed E-state index contributed by atoms with van der Waals surface area (Å²) in [4.78, 5) is 11.3. The molecule has 110 valence electrons. The standard InChI is InChI=1S/C15H27ClO2Si/c1-15(2,3)19(4,5)18-10-6-7-12-8-9-14(17)13(16)11-12/h11-12H,6-10H2,1-5H3. The first kappa shape index (κ1) is 16.9. The predicted octanol–water partition coefficient (Wildman–Crippen LogP) is 4.89. The number of carbonyl (C=O) groups is 1. The van der Waals surface area contributed by atoms with Crippen molar-refractivity contribution < 1.29 is 9.22 Å². The van der Waals surface area contributed by atoms with E-state index in [0.29, 0.717) is 17.4 Å². The molecule has 1 aliphatic carbocycles. The van der Waals surface area contributed by atoms with Gasteiger partial charge in [-0.05, 0) is 43.3 Å². The minimum atomic E-state index is -1.61. The summed E-state index contributed by atoms with van der Waals surface area (Å²) in [7, 11) is -1.61. The molecular formula is C15H27ClO2Si. The van der Waals surface area contributed by atoms with Crippen molar-refractivity contribution in [1.82, 2.24) is 0 Å². The molecule has 1 rings (SSSR count). The molecule has 1 unspecified atom stereocenters. The Morgan fingerprint density at radius 1 is 1.42 bits per heavy atom. The maximum Gasteiger partial charge on any atom is 0.191 e. The molecular weight excluding hydrogens is 276 g/mol. The van der Waals surface area contributed by atoms with E-state index in [2.05, 4.69) is 33.9 Å². The van der Waals surface area contributed by atoms with Gasteiger partial charge < -0.3 is 4.43 Å². The highest BCUT2D eigenvalue weighted by Crippen LogP contribution is 2.36. The summed E-state index contributed by atoms with van der Waals surface area (Å²) in [6.07, 6.45) is 5.59. The maximum absolute atomic E-state index is 11.3. The smallest absolute Gasteiger partial charge is 0.191 e. The van der Waals surface area contributed by atoms with Crippen LogP contribution in [0.25, 0.3) is 0 Å². The number of Topliss-reactive ketones (excluding diaryl/α,β-unsaturated/α-hetero) is 1. The van der Waals surface area contributed by atoms with E-state index >= 15 is 0 Å². The van der Waals surface area contributed by atoms with Gasteiger partial charge in [-0.15, -0.1) is 0 Å². The molecule has 0 bridgehead atoms. The minimum absolute atomic E-state index is 0.0930. The van der Waals surface area contributed by atoms with Crippen LogP contribution in [0.15, 0.2) is 11.1 Å². The first-order valence-electron chi connectivity index (χ1n) is 7.18. The zero-order valence-electron chi connectivity index (χ0n) is 12.9. The van der Waals surface area contributed by atoms with Gasteiger partial charge in [-0.2, -0.15) is 0 Å². The van der Waals surface area contributed by atoms with E-state index in [1.807, 2.05) is 6.08 Å². The predicted molar refractivity (Wildman–Crippen MR) is 84.1 cm³/mol. The van der Waals surface area contributed by atoms with Gasteiger partial charge in [0.05, 0.1) is 5.03 Å². The van der Waals surface area contributed by atoms with E-state index in [9.17, 15) is 4.79 Å². The lowest BCUT2D eigenvalue weighted by molar-refractivity contribution is -0.115. The Labute approximate surface area is 123 Å². The fourth-order valence-electron chi connectivity index (χ4n) is 1.94. The minimum Gasteiger partial charge on any atom is -0.417 e. The van der Waals surface area contributed by atoms with Gasteiger partial charge in [-0.1, -0.05) is 38.4 Å².